The minimum absolute atomic E-state index is 0.0267. The maximum Gasteiger partial charge on any atom is 0.266 e. The van der Waals surface area contributed by atoms with Crippen LogP contribution in [0.25, 0.3) is 11.3 Å². The summed E-state index contributed by atoms with van der Waals surface area (Å²) in [6.07, 6.45) is 1.96. The van der Waals surface area contributed by atoms with Crippen LogP contribution >= 0.6 is 11.6 Å². The zero-order valence-corrected chi connectivity index (χ0v) is 15.6. The van der Waals surface area contributed by atoms with Crippen molar-refractivity contribution in [3.05, 3.63) is 51.8 Å². The lowest BCUT2D eigenvalue weighted by Gasteiger charge is -2.28. The van der Waals surface area contributed by atoms with Gasteiger partial charge >= 0.3 is 0 Å². The molecule has 0 spiro atoms. The molecule has 3 rings (SSSR count). The number of carbonyl (C=O) groups excluding carboxylic acids is 1. The fraction of sp³-hybridized carbons (Fsp3) is 0.421. The van der Waals surface area contributed by atoms with Crippen LogP contribution in [-0.4, -0.2) is 47.3 Å². The van der Waals surface area contributed by atoms with E-state index in [0.717, 1.165) is 31.5 Å². The average molecular weight is 375 g/mol. The Balaban J connectivity index is 1.61. The summed E-state index contributed by atoms with van der Waals surface area (Å²) in [6.45, 7) is 2.56. The van der Waals surface area contributed by atoms with Crippen molar-refractivity contribution in [2.45, 2.75) is 19.4 Å². The number of halogens is 1. The molecule has 0 saturated carbocycles. The third-order valence-electron chi connectivity index (χ3n) is 4.62. The zero-order chi connectivity index (χ0) is 18.5. The molecule has 1 saturated heterocycles. The lowest BCUT2D eigenvalue weighted by molar-refractivity contribution is -0.126. The number of carbonyl (C=O) groups is 1. The number of hydrogen-bond acceptors (Lipinski definition) is 4. The smallest absolute Gasteiger partial charge is 0.266 e. The van der Waals surface area contributed by atoms with E-state index in [1.165, 1.54) is 10.7 Å². The Morgan fingerprint density at radius 3 is 2.77 bits per heavy atom. The monoisotopic (exact) mass is 374 g/mol. The second-order valence-corrected chi connectivity index (χ2v) is 7.12. The van der Waals surface area contributed by atoms with E-state index < -0.39 is 0 Å². The van der Waals surface area contributed by atoms with Gasteiger partial charge in [0.1, 0.15) is 0 Å². The molecule has 138 valence electrons. The third-order valence-corrected chi connectivity index (χ3v) is 4.88. The number of benzene rings is 1. The van der Waals surface area contributed by atoms with Gasteiger partial charge in [0, 0.05) is 29.7 Å². The molecule has 1 fully saturated rings. The lowest BCUT2D eigenvalue weighted by Crippen LogP contribution is -2.42. The molecule has 1 amide bonds. The summed E-state index contributed by atoms with van der Waals surface area (Å²) in [5, 5.41) is 7.98. The number of rotatable bonds is 5. The Hall–Kier alpha value is -2.18. The van der Waals surface area contributed by atoms with Gasteiger partial charge in [0.25, 0.3) is 5.56 Å². The van der Waals surface area contributed by atoms with E-state index in [1.54, 1.807) is 18.2 Å². The van der Waals surface area contributed by atoms with E-state index >= 15 is 0 Å². The predicted octanol–water partition coefficient (Wildman–Crippen LogP) is 2.02. The molecule has 1 N–H and O–H groups in total. The van der Waals surface area contributed by atoms with E-state index in [4.69, 9.17) is 11.6 Å². The normalized spacial score (nSPS) is 17.8. The first kappa shape index (κ1) is 18.6. The largest absolute Gasteiger partial charge is 0.354 e. The van der Waals surface area contributed by atoms with Gasteiger partial charge in [-0.25, -0.2) is 4.68 Å². The molecule has 0 bridgehead atoms. The van der Waals surface area contributed by atoms with Crippen molar-refractivity contribution in [1.29, 1.82) is 0 Å². The molecule has 1 aliphatic heterocycles. The van der Waals surface area contributed by atoms with Crippen molar-refractivity contribution in [3.8, 4) is 11.3 Å². The van der Waals surface area contributed by atoms with Gasteiger partial charge < -0.3 is 10.2 Å². The molecule has 26 heavy (non-hydrogen) atoms. The van der Waals surface area contributed by atoms with Gasteiger partial charge in [-0.1, -0.05) is 23.7 Å². The van der Waals surface area contributed by atoms with Gasteiger partial charge in [0.05, 0.1) is 18.2 Å². The van der Waals surface area contributed by atoms with Crippen molar-refractivity contribution in [1.82, 2.24) is 20.0 Å². The summed E-state index contributed by atoms with van der Waals surface area (Å²) in [5.41, 5.74) is 1.40. The number of nitrogens with zero attached hydrogens (tertiary/aromatic N) is 3. The first-order valence-corrected chi connectivity index (χ1v) is 9.21. The van der Waals surface area contributed by atoms with Crippen LogP contribution in [0.15, 0.2) is 41.2 Å². The van der Waals surface area contributed by atoms with Gasteiger partial charge in [-0.3, -0.25) is 9.59 Å². The fourth-order valence-electron chi connectivity index (χ4n) is 3.19. The van der Waals surface area contributed by atoms with E-state index in [-0.39, 0.29) is 17.4 Å². The van der Waals surface area contributed by atoms with Gasteiger partial charge in [0.2, 0.25) is 5.91 Å². The summed E-state index contributed by atoms with van der Waals surface area (Å²) >= 11 is 5.91. The van der Waals surface area contributed by atoms with Crippen LogP contribution in [0.3, 0.4) is 0 Å². The van der Waals surface area contributed by atoms with Crippen LogP contribution in [0.2, 0.25) is 5.02 Å². The average Bonchev–Trinajstić information content (AvgIpc) is 2.64. The maximum absolute atomic E-state index is 12.3. The van der Waals surface area contributed by atoms with Crippen LogP contribution in [0, 0.1) is 5.92 Å². The fourth-order valence-corrected chi connectivity index (χ4v) is 3.32. The highest BCUT2D eigenvalue weighted by atomic mass is 35.5. The van der Waals surface area contributed by atoms with Crippen molar-refractivity contribution in [3.63, 3.8) is 0 Å². The topological polar surface area (TPSA) is 67.2 Å². The van der Waals surface area contributed by atoms with Crippen molar-refractivity contribution in [2.75, 3.05) is 26.7 Å². The summed E-state index contributed by atoms with van der Waals surface area (Å²) in [5.74, 6) is 0.0808. The molecule has 1 unspecified atom stereocenters. The Kier molecular flexibility index (Phi) is 6.06. The molecule has 1 aromatic heterocycles. The minimum atomic E-state index is -0.186. The van der Waals surface area contributed by atoms with E-state index in [9.17, 15) is 9.59 Å². The maximum atomic E-state index is 12.3. The Morgan fingerprint density at radius 1 is 1.27 bits per heavy atom. The first-order chi connectivity index (χ1) is 12.5. The van der Waals surface area contributed by atoms with Crippen LogP contribution in [0.4, 0.5) is 0 Å². The first-order valence-electron chi connectivity index (χ1n) is 8.83. The van der Waals surface area contributed by atoms with Gasteiger partial charge in [-0.2, -0.15) is 5.10 Å². The van der Waals surface area contributed by atoms with Gasteiger partial charge in [-0.15, -0.1) is 0 Å². The molecule has 0 aliphatic carbocycles. The molecule has 6 nitrogen and oxygen atoms in total. The van der Waals surface area contributed by atoms with Gasteiger partial charge in [-0.05, 0) is 44.6 Å². The second-order valence-electron chi connectivity index (χ2n) is 6.68. The molecular weight excluding hydrogens is 352 g/mol. The number of likely N-dealkylation sites (tertiary alicyclic amines) is 1. The minimum Gasteiger partial charge on any atom is -0.354 e. The van der Waals surface area contributed by atoms with Crippen LogP contribution in [0.5, 0.6) is 0 Å². The third kappa shape index (κ3) is 4.71. The van der Waals surface area contributed by atoms with Crippen LogP contribution in [-0.2, 0) is 11.3 Å². The molecule has 7 heteroatoms. The predicted molar refractivity (Wildman–Crippen MR) is 102 cm³/mol. The van der Waals surface area contributed by atoms with E-state index in [2.05, 4.69) is 15.3 Å². The molecule has 1 aliphatic rings. The number of nitrogens with one attached hydrogen (secondary N) is 1. The quantitative estimate of drug-likeness (QED) is 0.869. The van der Waals surface area contributed by atoms with Crippen molar-refractivity contribution < 1.29 is 4.79 Å². The Morgan fingerprint density at radius 2 is 2.04 bits per heavy atom. The van der Waals surface area contributed by atoms with E-state index in [1.807, 2.05) is 19.2 Å². The molecule has 1 aromatic carbocycles. The second kappa shape index (κ2) is 8.47. The van der Waals surface area contributed by atoms with Crippen LogP contribution in [0.1, 0.15) is 12.8 Å². The number of hydrogen-bond donors (Lipinski definition) is 1. The highest BCUT2D eigenvalue weighted by Gasteiger charge is 2.23. The van der Waals surface area contributed by atoms with E-state index in [0.29, 0.717) is 23.8 Å². The molecule has 2 heterocycles. The molecule has 1 atom stereocenters. The number of amides is 1. The van der Waals surface area contributed by atoms with Crippen LogP contribution < -0.4 is 10.9 Å². The lowest BCUT2D eigenvalue weighted by atomic mass is 9.98. The highest BCUT2D eigenvalue weighted by molar-refractivity contribution is 6.30. The Bertz CT molecular complexity index is 819. The molecule has 0 radical (unpaired) electrons. The van der Waals surface area contributed by atoms with Crippen molar-refractivity contribution in [2.24, 2.45) is 5.92 Å². The molecule has 2 aromatic rings. The SMILES string of the molecule is CN1CCCC(C(=O)NCCn2nc(-c3ccc(Cl)cc3)ccc2=O)C1. The summed E-state index contributed by atoms with van der Waals surface area (Å²) in [7, 11) is 2.03. The number of aromatic nitrogens is 2. The zero-order valence-electron chi connectivity index (χ0n) is 14.8. The summed E-state index contributed by atoms with van der Waals surface area (Å²) in [4.78, 5) is 26.5. The van der Waals surface area contributed by atoms with Gasteiger partial charge in [0.15, 0.2) is 0 Å². The highest BCUT2D eigenvalue weighted by Crippen LogP contribution is 2.18. The summed E-state index contributed by atoms with van der Waals surface area (Å²) in [6, 6.07) is 10.5. The molecular formula is C19H23ClN4O2. The van der Waals surface area contributed by atoms with Crippen molar-refractivity contribution >= 4 is 17.5 Å². The summed E-state index contributed by atoms with van der Waals surface area (Å²) < 4.78 is 1.39. The Labute approximate surface area is 157 Å². The number of piperidine rings is 1. The standard InChI is InChI=1S/C19H23ClN4O2/c1-23-11-2-3-15(13-23)19(26)21-10-12-24-18(25)9-8-17(22-24)14-4-6-16(20)7-5-14/h4-9,15H,2-3,10-13H2,1H3,(H,21,26).